The number of carbonyl (C=O) groups is 2. The van der Waals surface area contributed by atoms with Gasteiger partial charge in [0.25, 0.3) is 0 Å². The molecule has 1 aromatic carbocycles. The van der Waals surface area contributed by atoms with Crippen molar-refractivity contribution in [2.75, 3.05) is 13.1 Å². The van der Waals surface area contributed by atoms with Crippen LogP contribution in [0.5, 0.6) is 0 Å². The van der Waals surface area contributed by atoms with E-state index < -0.39 is 0 Å². The fourth-order valence-electron chi connectivity index (χ4n) is 1.60. The third-order valence-electron chi connectivity index (χ3n) is 2.50. The lowest BCUT2D eigenvalue weighted by Gasteiger charge is -2.26. The van der Waals surface area contributed by atoms with Crippen molar-refractivity contribution in [3.63, 3.8) is 0 Å². The molecule has 2 rings (SSSR count). The molecule has 4 nitrogen and oxygen atoms in total. The topological polar surface area (TPSA) is 49.4 Å². The van der Waals surface area contributed by atoms with Crippen LogP contribution in [-0.4, -0.2) is 29.8 Å². The highest BCUT2D eigenvalue weighted by atomic mass is 79.9. The van der Waals surface area contributed by atoms with Crippen LogP contribution in [0.1, 0.15) is 5.56 Å². The number of hydrogen-bond acceptors (Lipinski definition) is 2. The summed E-state index contributed by atoms with van der Waals surface area (Å²) < 4.78 is 0.883. The first-order valence-corrected chi connectivity index (χ1v) is 6.22. The van der Waals surface area contributed by atoms with E-state index in [0.29, 0.717) is 11.6 Å². The number of rotatable bonds is 2. The van der Waals surface area contributed by atoms with Crippen molar-refractivity contribution in [3.8, 4) is 0 Å². The number of amides is 2. The minimum Gasteiger partial charge on any atom is -0.345 e. The zero-order valence-corrected chi connectivity index (χ0v) is 11.2. The largest absolute Gasteiger partial charge is 0.345 e. The molecule has 1 aliphatic heterocycles. The molecule has 0 saturated carbocycles. The number of nitrogens with one attached hydrogen (secondary N) is 1. The molecule has 17 heavy (non-hydrogen) atoms. The predicted octanol–water partition coefficient (Wildman–Crippen LogP) is 1.56. The van der Waals surface area contributed by atoms with Gasteiger partial charge in [0.05, 0.1) is 13.1 Å². The molecule has 1 saturated heterocycles. The van der Waals surface area contributed by atoms with Gasteiger partial charge in [-0.3, -0.25) is 9.59 Å². The highest BCUT2D eigenvalue weighted by Crippen LogP contribution is 2.22. The fraction of sp³-hybridized carbons (Fsp3) is 0.273. The summed E-state index contributed by atoms with van der Waals surface area (Å²) in [6.45, 7) is 0.510. The molecule has 2 amide bonds. The number of hydrogen-bond donors (Lipinski definition) is 1. The zero-order valence-electron chi connectivity index (χ0n) is 8.87. The number of carbonyl (C=O) groups excluding carboxylic acids is 2. The number of benzene rings is 1. The maximum Gasteiger partial charge on any atom is 0.242 e. The van der Waals surface area contributed by atoms with Gasteiger partial charge >= 0.3 is 0 Å². The molecule has 1 fully saturated rings. The number of piperazine rings is 1. The van der Waals surface area contributed by atoms with Gasteiger partial charge in [-0.25, -0.2) is 0 Å². The molecule has 0 aliphatic carbocycles. The number of halogens is 2. The van der Waals surface area contributed by atoms with Gasteiger partial charge in [-0.2, -0.15) is 0 Å². The molecule has 1 heterocycles. The van der Waals surface area contributed by atoms with Gasteiger partial charge in [0.2, 0.25) is 11.8 Å². The van der Waals surface area contributed by atoms with Crippen molar-refractivity contribution in [3.05, 3.63) is 33.3 Å². The van der Waals surface area contributed by atoms with E-state index in [2.05, 4.69) is 21.2 Å². The van der Waals surface area contributed by atoms with Crippen molar-refractivity contribution < 1.29 is 9.59 Å². The average molecular weight is 318 g/mol. The normalized spacial score (nSPS) is 16.0. The predicted molar refractivity (Wildman–Crippen MR) is 67.6 cm³/mol. The lowest BCUT2D eigenvalue weighted by atomic mass is 10.2. The van der Waals surface area contributed by atoms with Crippen LogP contribution in [0.3, 0.4) is 0 Å². The summed E-state index contributed by atoms with van der Waals surface area (Å²) in [5, 5.41) is 3.08. The summed E-state index contributed by atoms with van der Waals surface area (Å²) in [5.74, 6) is -0.235. The van der Waals surface area contributed by atoms with Crippen molar-refractivity contribution in [1.82, 2.24) is 10.2 Å². The fourth-order valence-corrected chi connectivity index (χ4v) is 2.34. The summed E-state index contributed by atoms with van der Waals surface area (Å²) in [5.41, 5.74) is 0.831. The lowest BCUT2D eigenvalue weighted by Crippen LogP contribution is -2.51. The highest BCUT2D eigenvalue weighted by Gasteiger charge is 2.23. The van der Waals surface area contributed by atoms with Crippen LogP contribution in [0.25, 0.3) is 0 Å². The van der Waals surface area contributed by atoms with Gasteiger partial charge < -0.3 is 10.2 Å². The zero-order chi connectivity index (χ0) is 12.4. The molecule has 0 unspecified atom stereocenters. The molecule has 6 heteroatoms. The van der Waals surface area contributed by atoms with Crippen LogP contribution in [0.15, 0.2) is 22.7 Å². The molecular weight excluding hydrogens is 307 g/mol. The van der Waals surface area contributed by atoms with E-state index in [1.54, 1.807) is 6.07 Å². The quantitative estimate of drug-likeness (QED) is 0.900. The van der Waals surface area contributed by atoms with Crippen LogP contribution < -0.4 is 5.32 Å². The summed E-state index contributed by atoms with van der Waals surface area (Å²) in [6.07, 6.45) is 0. The first-order valence-electron chi connectivity index (χ1n) is 5.04. The van der Waals surface area contributed by atoms with Crippen molar-refractivity contribution in [1.29, 1.82) is 0 Å². The van der Waals surface area contributed by atoms with Crippen LogP contribution in [0.2, 0.25) is 5.02 Å². The lowest BCUT2D eigenvalue weighted by molar-refractivity contribution is -0.141. The minimum atomic E-state index is -0.141. The van der Waals surface area contributed by atoms with E-state index in [4.69, 9.17) is 11.6 Å². The van der Waals surface area contributed by atoms with Gasteiger partial charge in [-0.15, -0.1) is 0 Å². The third-order valence-corrected chi connectivity index (χ3v) is 3.35. The Balaban J connectivity index is 2.14. The molecular formula is C11H10BrClN2O2. The Morgan fingerprint density at radius 1 is 1.41 bits per heavy atom. The molecule has 0 aromatic heterocycles. The molecule has 0 atom stereocenters. The van der Waals surface area contributed by atoms with Crippen LogP contribution >= 0.6 is 27.5 Å². The van der Waals surface area contributed by atoms with Crippen molar-refractivity contribution in [2.24, 2.45) is 0 Å². The van der Waals surface area contributed by atoms with Gasteiger partial charge in [-0.05, 0) is 17.7 Å². The summed E-state index contributed by atoms with van der Waals surface area (Å²) in [7, 11) is 0. The number of nitrogens with zero attached hydrogens (tertiary/aromatic N) is 1. The van der Waals surface area contributed by atoms with Gasteiger partial charge in [0.15, 0.2) is 0 Å². The van der Waals surface area contributed by atoms with E-state index in [9.17, 15) is 9.59 Å². The second kappa shape index (κ2) is 5.06. The Morgan fingerprint density at radius 2 is 2.18 bits per heavy atom. The Bertz CT molecular complexity index is 479. The third kappa shape index (κ3) is 2.98. The van der Waals surface area contributed by atoms with Gasteiger partial charge in [-0.1, -0.05) is 33.6 Å². The molecule has 1 N–H and O–H groups in total. The molecule has 1 aromatic rings. The first kappa shape index (κ1) is 12.4. The maximum atomic E-state index is 11.6. The Hall–Kier alpha value is -1.07. The molecule has 90 valence electrons. The Labute approximate surface area is 112 Å². The van der Waals surface area contributed by atoms with Crippen molar-refractivity contribution >= 4 is 39.3 Å². The van der Waals surface area contributed by atoms with E-state index in [0.717, 1.165) is 10.0 Å². The smallest absolute Gasteiger partial charge is 0.242 e. The van der Waals surface area contributed by atoms with Crippen molar-refractivity contribution in [2.45, 2.75) is 6.54 Å². The first-order chi connectivity index (χ1) is 8.06. The Kier molecular flexibility index (Phi) is 3.69. The van der Waals surface area contributed by atoms with Crippen LogP contribution in [-0.2, 0) is 16.1 Å². The maximum absolute atomic E-state index is 11.6. The second-order valence-corrected chi connectivity index (χ2v) is 5.09. The molecule has 0 spiro atoms. The van der Waals surface area contributed by atoms with Crippen LogP contribution in [0, 0.1) is 0 Å². The van der Waals surface area contributed by atoms with E-state index in [1.165, 1.54) is 4.90 Å². The van der Waals surface area contributed by atoms with E-state index in [-0.39, 0.29) is 24.9 Å². The van der Waals surface area contributed by atoms with Crippen LogP contribution in [0.4, 0.5) is 0 Å². The summed E-state index contributed by atoms with van der Waals surface area (Å²) in [4.78, 5) is 24.3. The van der Waals surface area contributed by atoms with Gasteiger partial charge in [0.1, 0.15) is 0 Å². The molecule has 0 bridgehead atoms. The minimum absolute atomic E-state index is 0.0625. The molecule has 1 aliphatic rings. The van der Waals surface area contributed by atoms with E-state index in [1.807, 2.05) is 12.1 Å². The monoisotopic (exact) mass is 316 g/mol. The average Bonchev–Trinajstić information content (AvgIpc) is 2.27. The van der Waals surface area contributed by atoms with E-state index >= 15 is 0 Å². The Morgan fingerprint density at radius 3 is 2.88 bits per heavy atom. The SMILES string of the molecule is O=C1CN(Cc2ccc(Br)cc2Cl)C(=O)CN1. The summed E-state index contributed by atoms with van der Waals surface area (Å²) in [6, 6.07) is 5.47. The second-order valence-electron chi connectivity index (χ2n) is 3.76. The molecule has 0 radical (unpaired) electrons. The van der Waals surface area contributed by atoms with Gasteiger partial charge in [0, 0.05) is 16.0 Å². The highest BCUT2D eigenvalue weighted by molar-refractivity contribution is 9.10. The standard InChI is InChI=1S/C11H10BrClN2O2/c12-8-2-1-7(9(13)3-8)5-15-6-10(16)14-4-11(15)17/h1-3H,4-6H2,(H,14,16). The summed E-state index contributed by atoms with van der Waals surface area (Å²) >= 11 is 9.38.